The summed E-state index contributed by atoms with van der Waals surface area (Å²) >= 11 is 12.1. The van der Waals surface area contributed by atoms with Crippen molar-refractivity contribution in [1.82, 2.24) is 0 Å². The summed E-state index contributed by atoms with van der Waals surface area (Å²) in [6, 6.07) is 5.12. The highest BCUT2D eigenvalue weighted by atomic mass is 35.5. The average Bonchev–Trinajstić information content (AvgIpc) is 2.59. The first-order chi connectivity index (χ1) is 13.2. The van der Waals surface area contributed by atoms with E-state index in [1.54, 1.807) is 18.2 Å². The second-order valence-corrected chi connectivity index (χ2v) is 8.72. The van der Waals surface area contributed by atoms with E-state index in [1.807, 2.05) is 0 Å². The third-order valence-electron chi connectivity index (χ3n) is 5.20. The number of esters is 2. The molecule has 3 atom stereocenters. The first-order valence-corrected chi connectivity index (χ1v) is 10.5. The van der Waals surface area contributed by atoms with Gasteiger partial charge in [-0.1, -0.05) is 56.5 Å². The lowest BCUT2D eigenvalue weighted by Gasteiger charge is -2.36. The molecule has 0 amide bonds. The maximum Gasteiger partial charge on any atom is 0.374 e. The van der Waals surface area contributed by atoms with E-state index in [4.69, 9.17) is 32.7 Å². The van der Waals surface area contributed by atoms with Crippen LogP contribution in [0.2, 0.25) is 10.0 Å². The molecule has 0 heterocycles. The molecule has 28 heavy (non-hydrogen) atoms. The Bertz CT molecular complexity index is 742. The molecule has 0 aromatic heterocycles. The number of hydrogen-bond acceptors (Lipinski definition) is 4. The quantitative estimate of drug-likeness (QED) is 0.318. The third kappa shape index (κ3) is 6.52. The molecule has 1 aromatic carbocycles. The van der Waals surface area contributed by atoms with Crippen molar-refractivity contribution in [3.8, 4) is 0 Å². The fourth-order valence-corrected chi connectivity index (χ4v) is 4.14. The molecular weight excluding hydrogens is 399 g/mol. The molecule has 0 aliphatic heterocycles. The molecule has 0 saturated heterocycles. The van der Waals surface area contributed by atoms with Crippen LogP contribution in [0.1, 0.15) is 52.5 Å². The van der Waals surface area contributed by atoms with Gasteiger partial charge in [0.15, 0.2) is 0 Å². The summed E-state index contributed by atoms with van der Waals surface area (Å²) in [6.07, 6.45) is 4.68. The van der Waals surface area contributed by atoms with Gasteiger partial charge in [0, 0.05) is 17.0 Å². The van der Waals surface area contributed by atoms with Crippen LogP contribution in [0.3, 0.4) is 0 Å². The van der Waals surface area contributed by atoms with E-state index in [-0.39, 0.29) is 11.9 Å². The number of rotatable bonds is 6. The summed E-state index contributed by atoms with van der Waals surface area (Å²) in [5, 5.41) is 1.02. The van der Waals surface area contributed by atoms with Crippen LogP contribution in [-0.2, 0) is 25.5 Å². The van der Waals surface area contributed by atoms with Gasteiger partial charge in [-0.15, -0.1) is 0 Å². The Kier molecular flexibility index (Phi) is 8.38. The molecule has 1 aliphatic rings. The predicted octanol–water partition coefficient (Wildman–Crippen LogP) is 5.99. The molecule has 1 saturated carbocycles. The molecule has 6 heteroatoms. The van der Waals surface area contributed by atoms with Crippen LogP contribution < -0.4 is 0 Å². The highest BCUT2D eigenvalue weighted by molar-refractivity contribution is 6.35. The lowest BCUT2D eigenvalue weighted by molar-refractivity contribution is -0.159. The largest absolute Gasteiger partial charge is 0.456 e. The van der Waals surface area contributed by atoms with Gasteiger partial charge in [0.2, 0.25) is 5.76 Å². The van der Waals surface area contributed by atoms with Gasteiger partial charge < -0.3 is 9.47 Å². The Hall–Kier alpha value is -1.52. The van der Waals surface area contributed by atoms with Crippen molar-refractivity contribution in [1.29, 1.82) is 0 Å². The van der Waals surface area contributed by atoms with Crippen LogP contribution in [0.4, 0.5) is 0 Å². The fourth-order valence-electron chi connectivity index (χ4n) is 3.66. The van der Waals surface area contributed by atoms with Gasteiger partial charge in [0.25, 0.3) is 0 Å². The maximum atomic E-state index is 12.8. The fraction of sp³-hybridized carbons (Fsp3) is 0.545. The van der Waals surface area contributed by atoms with Crippen molar-refractivity contribution in [2.24, 2.45) is 17.8 Å². The molecule has 2 rings (SSSR count). The maximum absolute atomic E-state index is 12.8. The first kappa shape index (κ1) is 22.8. The molecular formula is C22H28Cl2O4. The van der Waals surface area contributed by atoms with Crippen LogP contribution in [0.15, 0.2) is 30.0 Å². The molecule has 1 aromatic rings. The SMILES string of the molecule is CC(=O)OC(=CCc1ccc(Cl)cc1Cl)C(=O)OC1CC(C)CCC1C(C)C. The monoisotopic (exact) mass is 426 g/mol. The standard InChI is InChI=1S/C22H28Cl2O4/c1-13(2)18-9-5-14(3)11-21(18)28-22(26)20(27-15(4)25)10-7-16-6-8-17(23)12-19(16)24/h6,8,10,12-14,18,21H,5,7,9,11H2,1-4H3. The molecule has 0 N–H and O–H groups in total. The van der Waals surface area contributed by atoms with E-state index in [0.717, 1.165) is 24.8 Å². The second-order valence-electron chi connectivity index (χ2n) is 7.87. The number of ether oxygens (including phenoxy) is 2. The van der Waals surface area contributed by atoms with Gasteiger partial charge in [0.05, 0.1) is 0 Å². The van der Waals surface area contributed by atoms with Crippen molar-refractivity contribution in [3.63, 3.8) is 0 Å². The van der Waals surface area contributed by atoms with Crippen molar-refractivity contribution >= 4 is 35.1 Å². The van der Waals surface area contributed by atoms with Crippen LogP contribution in [0, 0.1) is 17.8 Å². The summed E-state index contributed by atoms with van der Waals surface area (Å²) in [5.41, 5.74) is 0.773. The molecule has 1 fully saturated rings. The molecule has 0 radical (unpaired) electrons. The molecule has 154 valence electrons. The molecule has 0 spiro atoms. The van der Waals surface area contributed by atoms with Crippen molar-refractivity contribution in [2.75, 3.05) is 0 Å². The summed E-state index contributed by atoms with van der Waals surface area (Å²) in [5.74, 6) is -0.0438. The van der Waals surface area contributed by atoms with Crippen LogP contribution >= 0.6 is 23.2 Å². The predicted molar refractivity (Wildman–Crippen MR) is 111 cm³/mol. The van der Waals surface area contributed by atoms with Crippen molar-refractivity contribution in [3.05, 3.63) is 45.6 Å². The minimum absolute atomic E-state index is 0.0979. The molecule has 4 nitrogen and oxygen atoms in total. The lowest BCUT2D eigenvalue weighted by Crippen LogP contribution is -2.36. The van der Waals surface area contributed by atoms with Crippen LogP contribution in [0.5, 0.6) is 0 Å². The minimum atomic E-state index is -0.606. The highest BCUT2D eigenvalue weighted by Crippen LogP contribution is 2.35. The number of benzene rings is 1. The van der Waals surface area contributed by atoms with E-state index in [2.05, 4.69) is 20.8 Å². The number of allylic oxidation sites excluding steroid dienone is 1. The first-order valence-electron chi connectivity index (χ1n) is 9.70. The van der Waals surface area contributed by atoms with Gasteiger partial charge in [-0.05, 0) is 60.8 Å². The average molecular weight is 427 g/mol. The van der Waals surface area contributed by atoms with Crippen LogP contribution in [0.25, 0.3) is 0 Å². The zero-order chi connectivity index (χ0) is 20.8. The zero-order valence-electron chi connectivity index (χ0n) is 16.8. The number of carbonyl (C=O) groups is 2. The zero-order valence-corrected chi connectivity index (χ0v) is 18.3. The summed E-state index contributed by atoms with van der Waals surface area (Å²) < 4.78 is 10.9. The second kappa shape index (κ2) is 10.3. The van der Waals surface area contributed by atoms with E-state index >= 15 is 0 Å². The minimum Gasteiger partial charge on any atom is -0.456 e. The molecule has 0 bridgehead atoms. The summed E-state index contributed by atoms with van der Waals surface area (Å²) in [4.78, 5) is 24.2. The van der Waals surface area contributed by atoms with E-state index in [0.29, 0.717) is 34.2 Å². The number of halogens is 2. The van der Waals surface area contributed by atoms with Gasteiger partial charge in [-0.3, -0.25) is 4.79 Å². The lowest BCUT2D eigenvalue weighted by atomic mass is 9.75. The Labute approximate surface area is 177 Å². The van der Waals surface area contributed by atoms with Gasteiger partial charge >= 0.3 is 11.9 Å². The van der Waals surface area contributed by atoms with Crippen LogP contribution in [-0.4, -0.2) is 18.0 Å². The molecule has 3 unspecified atom stereocenters. The summed E-state index contributed by atoms with van der Waals surface area (Å²) in [6.45, 7) is 7.72. The topological polar surface area (TPSA) is 52.6 Å². The summed E-state index contributed by atoms with van der Waals surface area (Å²) in [7, 11) is 0. The molecule has 1 aliphatic carbocycles. The Balaban J connectivity index is 2.16. The van der Waals surface area contributed by atoms with Gasteiger partial charge in [-0.2, -0.15) is 0 Å². The van der Waals surface area contributed by atoms with E-state index in [9.17, 15) is 9.59 Å². The van der Waals surface area contributed by atoms with Crippen molar-refractivity contribution in [2.45, 2.75) is 59.5 Å². The number of carbonyl (C=O) groups excluding carboxylic acids is 2. The Morgan fingerprint density at radius 2 is 1.96 bits per heavy atom. The smallest absolute Gasteiger partial charge is 0.374 e. The Morgan fingerprint density at radius 3 is 2.57 bits per heavy atom. The van der Waals surface area contributed by atoms with E-state index in [1.165, 1.54) is 13.0 Å². The van der Waals surface area contributed by atoms with Gasteiger partial charge in [0.1, 0.15) is 6.10 Å². The normalized spacial score (nSPS) is 22.8. The van der Waals surface area contributed by atoms with E-state index < -0.39 is 11.9 Å². The highest BCUT2D eigenvalue weighted by Gasteiger charge is 2.34. The van der Waals surface area contributed by atoms with Gasteiger partial charge in [-0.25, -0.2) is 4.79 Å². The van der Waals surface area contributed by atoms with Crippen molar-refractivity contribution < 1.29 is 19.1 Å². The Morgan fingerprint density at radius 1 is 1.25 bits per heavy atom. The third-order valence-corrected chi connectivity index (χ3v) is 5.78. The number of hydrogen-bond donors (Lipinski definition) is 0.